The van der Waals surface area contributed by atoms with Crippen molar-refractivity contribution in [1.82, 2.24) is 16.0 Å². The molecule has 0 radical (unpaired) electrons. The molecule has 0 saturated heterocycles. The standard InChI is InChI=1S/C36H39N3O3S6/c1-4-19-25(16-37-34(40)22-10-7-13-28(43)31(22)46)20(5-2)27(18-39-36(42)24-12-9-15-30(45)33(24)48)21(6-3)26(19)17-38-35(41)23-11-8-14-29(44)32(23)47/h7-15,43-48H,4-6,16-18H2,1-3H3,(H,37,40)(H,38,41)(H,39,42). The maximum absolute atomic E-state index is 13.4. The Hall–Kier alpha value is -2.61. The van der Waals surface area contributed by atoms with Crippen molar-refractivity contribution in [3.63, 3.8) is 0 Å². The van der Waals surface area contributed by atoms with Crippen molar-refractivity contribution in [2.75, 3.05) is 0 Å². The molecule has 0 bridgehead atoms. The van der Waals surface area contributed by atoms with Gasteiger partial charge in [0.25, 0.3) is 17.7 Å². The SMILES string of the molecule is CCc1c(CNC(=O)c2cccc(S)c2S)c(CC)c(CNC(=O)c2cccc(S)c2S)c(CC)c1CNC(=O)c1cccc(S)c1S. The topological polar surface area (TPSA) is 87.3 Å². The summed E-state index contributed by atoms with van der Waals surface area (Å²) in [6, 6.07) is 15.8. The van der Waals surface area contributed by atoms with E-state index in [4.69, 9.17) is 0 Å². The first-order valence-electron chi connectivity index (χ1n) is 15.5. The third-order valence-electron chi connectivity index (χ3n) is 8.30. The highest BCUT2D eigenvalue weighted by Gasteiger charge is 2.24. The van der Waals surface area contributed by atoms with E-state index in [0.29, 0.717) is 65.3 Å². The second kappa shape index (κ2) is 17.4. The van der Waals surface area contributed by atoms with Crippen LogP contribution >= 0.6 is 75.8 Å². The minimum absolute atomic E-state index is 0.242. The molecule has 0 saturated carbocycles. The molecule has 0 aromatic heterocycles. The van der Waals surface area contributed by atoms with Crippen LogP contribution in [0.5, 0.6) is 0 Å². The van der Waals surface area contributed by atoms with E-state index in [-0.39, 0.29) is 37.4 Å². The number of thiol groups is 6. The maximum atomic E-state index is 13.4. The van der Waals surface area contributed by atoms with Crippen molar-refractivity contribution in [2.24, 2.45) is 0 Å². The number of carbonyl (C=O) groups is 3. The maximum Gasteiger partial charge on any atom is 0.252 e. The van der Waals surface area contributed by atoms with Crippen LogP contribution in [0.3, 0.4) is 0 Å². The zero-order valence-corrected chi connectivity index (χ0v) is 32.2. The van der Waals surface area contributed by atoms with Gasteiger partial charge in [-0.2, -0.15) is 0 Å². The summed E-state index contributed by atoms with van der Waals surface area (Å²) < 4.78 is 0. The lowest BCUT2D eigenvalue weighted by Crippen LogP contribution is -2.30. The van der Waals surface area contributed by atoms with Gasteiger partial charge in [0.15, 0.2) is 0 Å². The van der Waals surface area contributed by atoms with E-state index < -0.39 is 0 Å². The van der Waals surface area contributed by atoms with Crippen molar-refractivity contribution in [1.29, 1.82) is 0 Å². The van der Waals surface area contributed by atoms with Crippen molar-refractivity contribution >= 4 is 93.5 Å². The van der Waals surface area contributed by atoms with Gasteiger partial charge < -0.3 is 16.0 Å². The van der Waals surface area contributed by atoms with Crippen molar-refractivity contribution in [2.45, 2.75) is 89.0 Å². The molecule has 0 spiro atoms. The number of rotatable bonds is 12. The highest BCUT2D eigenvalue weighted by Crippen LogP contribution is 2.32. The zero-order valence-electron chi connectivity index (χ0n) is 26.8. The molecule has 0 aliphatic carbocycles. The summed E-state index contributed by atoms with van der Waals surface area (Å²) in [5.74, 6) is -0.819. The molecule has 3 N–H and O–H groups in total. The molecule has 0 fully saturated rings. The first-order chi connectivity index (χ1) is 22.9. The minimum Gasteiger partial charge on any atom is -0.348 e. The van der Waals surface area contributed by atoms with E-state index in [1.165, 1.54) is 0 Å². The summed E-state index contributed by atoms with van der Waals surface area (Å²) in [4.78, 5) is 43.6. The van der Waals surface area contributed by atoms with Gasteiger partial charge in [-0.25, -0.2) is 0 Å². The number of amides is 3. The summed E-state index contributed by atoms with van der Waals surface area (Å²) in [7, 11) is 0. The molecule has 0 heterocycles. The Kier molecular flexibility index (Phi) is 13.8. The Morgan fingerprint density at radius 3 is 0.917 bits per heavy atom. The predicted octanol–water partition coefficient (Wildman–Crippen LogP) is 7.90. The van der Waals surface area contributed by atoms with Gasteiger partial charge in [-0.05, 0) is 89.0 Å². The van der Waals surface area contributed by atoms with E-state index in [1.54, 1.807) is 54.6 Å². The van der Waals surface area contributed by atoms with Gasteiger partial charge in [0.2, 0.25) is 0 Å². The van der Waals surface area contributed by atoms with Crippen molar-refractivity contribution < 1.29 is 14.4 Å². The lowest BCUT2D eigenvalue weighted by molar-refractivity contribution is 0.0940. The zero-order chi connectivity index (χ0) is 35.1. The Balaban J connectivity index is 1.79. The fraction of sp³-hybridized carbons (Fsp3) is 0.250. The van der Waals surface area contributed by atoms with Crippen LogP contribution in [-0.4, -0.2) is 17.7 Å². The van der Waals surface area contributed by atoms with E-state index in [9.17, 15) is 14.4 Å². The Morgan fingerprint density at radius 1 is 0.438 bits per heavy atom. The first-order valence-corrected chi connectivity index (χ1v) is 18.2. The Morgan fingerprint density at radius 2 is 0.688 bits per heavy atom. The van der Waals surface area contributed by atoms with Crippen LogP contribution in [-0.2, 0) is 38.9 Å². The van der Waals surface area contributed by atoms with Crippen LogP contribution < -0.4 is 16.0 Å². The molecule has 12 heteroatoms. The molecule has 252 valence electrons. The van der Waals surface area contributed by atoms with Gasteiger partial charge in [-0.3, -0.25) is 14.4 Å². The van der Waals surface area contributed by atoms with E-state index in [0.717, 1.165) is 33.4 Å². The van der Waals surface area contributed by atoms with Crippen LogP contribution in [0.4, 0.5) is 0 Å². The average molecular weight is 754 g/mol. The minimum atomic E-state index is -0.273. The van der Waals surface area contributed by atoms with Crippen LogP contribution in [0, 0.1) is 0 Å². The van der Waals surface area contributed by atoms with Gasteiger partial charge in [-0.15, -0.1) is 75.8 Å². The second-order valence-electron chi connectivity index (χ2n) is 11.0. The highest BCUT2D eigenvalue weighted by atomic mass is 32.1. The number of carbonyl (C=O) groups excluding carboxylic acids is 3. The molecular formula is C36H39N3O3S6. The molecule has 0 aliphatic rings. The molecular weight excluding hydrogens is 715 g/mol. The summed E-state index contributed by atoms with van der Waals surface area (Å²) in [5, 5.41) is 9.30. The summed E-state index contributed by atoms with van der Waals surface area (Å²) >= 11 is 26.8. The van der Waals surface area contributed by atoms with Crippen LogP contribution in [0.15, 0.2) is 84.0 Å². The Labute approximate surface area is 315 Å². The highest BCUT2D eigenvalue weighted by molar-refractivity contribution is 7.84. The lowest BCUT2D eigenvalue weighted by atomic mass is 9.83. The predicted molar refractivity (Wildman–Crippen MR) is 211 cm³/mol. The largest absolute Gasteiger partial charge is 0.348 e. The summed E-state index contributed by atoms with van der Waals surface area (Å²) in [6.45, 7) is 6.93. The van der Waals surface area contributed by atoms with E-state index in [1.807, 2.05) is 0 Å². The fourth-order valence-corrected chi connectivity index (χ4v) is 7.32. The first kappa shape index (κ1) is 38.2. The molecule has 0 aliphatic heterocycles. The number of hydrogen-bond acceptors (Lipinski definition) is 9. The van der Waals surface area contributed by atoms with Gasteiger partial charge in [-0.1, -0.05) is 39.0 Å². The molecule has 4 aromatic rings. The van der Waals surface area contributed by atoms with Gasteiger partial charge >= 0.3 is 0 Å². The van der Waals surface area contributed by atoms with E-state index in [2.05, 4.69) is 112 Å². The summed E-state index contributed by atoms with van der Waals surface area (Å²) in [6.07, 6.45) is 1.98. The Bertz CT molecular complexity index is 1640. The third-order valence-corrected chi connectivity index (χ3v) is 11.4. The average Bonchev–Trinajstić information content (AvgIpc) is 3.07. The van der Waals surface area contributed by atoms with Crippen LogP contribution in [0.25, 0.3) is 0 Å². The monoisotopic (exact) mass is 753 g/mol. The fourth-order valence-electron chi connectivity index (χ4n) is 5.95. The number of benzene rings is 4. The molecule has 0 atom stereocenters. The molecule has 4 aromatic carbocycles. The third kappa shape index (κ3) is 8.39. The van der Waals surface area contributed by atoms with Gasteiger partial charge in [0, 0.05) is 49.0 Å². The van der Waals surface area contributed by atoms with Crippen molar-refractivity contribution in [3.05, 3.63) is 105 Å². The van der Waals surface area contributed by atoms with E-state index >= 15 is 0 Å². The molecule has 3 amide bonds. The molecule has 4 rings (SSSR count). The smallest absolute Gasteiger partial charge is 0.252 e. The molecule has 0 unspecified atom stereocenters. The number of nitrogens with one attached hydrogen (secondary N) is 3. The van der Waals surface area contributed by atoms with Crippen LogP contribution in [0.1, 0.15) is 85.2 Å². The van der Waals surface area contributed by atoms with Crippen molar-refractivity contribution in [3.8, 4) is 0 Å². The second-order valence-corrected chi connectivity index (χ2v) is 13.8. The van der Waals surface area contributed by atoms with Gasteiger partial charge in [0.1, 0.15) is 0 Å². The number of hydrogen-bond donors (Lipinski definition) is 9. The quantitative estimate of drug-likeness (QED) is 0.0691. The normalized spacial score (nSPS) is 10.9. The molecule has 48 heavy (non-hydrogen) atoms. The molecule has 6 nitrogen and oxygen atoms in total. The van der Waals surface area contributed by atoms with Gasteiger partial charge in [0.05, 0.1) is 16.7 Å². The van der Waals surface area contributed by atoms with Crippen LogP contribution in [0.2, 0.25) is 0 Å². The summed E-state index contributed by atoms with van der Waals surface area (Å²) in [5.41, 5.74) is 7.29. The lowest BCUT2D eigenvalue weighted by Gasteiger charge is -2.27.